The number of nitrogens with zero attached hydrogens (tertiary/aromatic N) is 2. The summed E-state index contributed by atoms with van der Waals surface area (Å²) in [6.07, 6.45) is 2.33. The molecule has 0 aromatic carbocycles. The monoisotopic (exact) mass is 196 g/mol. The predicted octanol–water partition coefficient (Wildman–Crippen LogP) is -0.168. The Kier molecular flexibility index (Phi) is 3.81. The molecule has 0 atom stereocenters. The number of rotatable bonds is 3. The molecule has 76 valence electrons. The Morgan fingerprint density at radius 2 is 2.50 bits per heavy atom. The van der Waals surface area contributed by atoms with Crippen molar-refractivity contribution in [3.05, 3.63) is 18.1 Å². The molecule has 0 saturated heterocycles. The van der Waals surface area contributed by atoms with Gasteiger partial charge in [-0.3, -0.25) is 0 Å². The first kappa shape index (κ1) is 10.4. The smallest absolute Gasteiger partial charge is 0.391 e. The van der Waals surface area contributed by atoms with Crippen LogP contribution in [0.5, 0.6) is 5.88 Å². The van der Waals surface area contributed by atoms with E-state index in [9.17, 15) is 4.79 Å². The van der Waals surface area contributed by atoms with Gasteiger partial charge in [0.25, 0.3) is 0 Å². The van der Waals surface area contributed by atoms with Gasteiger partial charge in [0.05, 0.1) is 0 Å². The van der Waals surface area contributed by atoms with Gasteiger partial charge in [0.2, 0.25) is 5.88 Å². The Hall–Kier alpha value is -1.69. The average Bonchev–Trinajstić information content (AvgIpc) is 2.18. The van der Waals surface area contributed by atoms with Gasteiger partial charge in [-0.1, -0.05) is 0 Å². The molecule has 6 nitrogen and oxygen atoms in total. The molecule has 14 heavy (non-hydrogen) atoms. The molecule has 0 saturated carbocycles. The van der Waals surface area contributed by atoms with Gasteiger partial charge in [0, 0.05) is 24.8 Å². The fraction of sp³-hybridized carbons (Fsp3) is 0.375. The van der Waals surface area contributed by atoms with Gasteiger partial charge in [0.15, 0.2) is 0 Å². The molecule has 0 spiro atoms. The SMILES string of the molecule is Cc1cncnc1OC(=O)NCCN. The normalized spacial score (nSPS) is 9.57. The minimum Gasteiger partial charge on any atom is -0.391 e. The highest BCUT2D eigenvalue weighted by atomic mass is 16.6. The zero-order valence-corrected chi connectivity index (χ0v) is 7.86. The molecule has 0 aliphatic heterocycles. The third-order valence-corrected chi connectivity index (χ3v) is 1.45. The summed E-state index contributed by atoms with van der Waals surface area (Å²) < 4.78 is 4.89. The fourth-order valence-electron chi connectivity index (χ4n) is 0.793. The molecule has 1 heterocycles. The van der Waals surface area contributed by atoms with Gasteiger partial charge in [-0.2, -0.15) is 0 Å². The number of hydrogen-bond donors (Lipinski definition) is 2. The van der Waals surface area contributed by atoms with E-state index in [2.05, 4.69) is 15.3 Å². The van der Waals surface area contributed by atoms with Gasteiger partial charge in [-0.25, -0.2) is 14.8 Å². The van der Waals surface area contributed by atoms with Crippen molar-refractivity contribution in [2.24, 2.45) is 5.73 Å². The van der Waals surface area contributed by atoms with Gasteiger partial charge in [-0.05, 0) is 6.92 Å². The van der Waals surface area contributed by atoms with Crippen LogP contribution in [0.1, 0.15) is 5.56 Å². The van der Waals surface area contributed by atoms with Crippen molar-refractivity contribution >= 4 is 6.09 Å². The van der Waals surface area contributed by atoms with Gasteiger partial charge in [0.1, 0.15) is 6.33 Å². The Balaban J connectivity index is 2.52. The van der Waals surface area contributed by atoms with E-state index in [0.717, 1.165) is 0 Å². The molecule has 1 aromatic rings. The van der Waals surface area contributed by atoms with Crippen molar-refractivity contribution in [2.45, 2.75) is 6.92 Å². The zero-order valence-electron chi connectivity index (χ0n) is 7.86. The highest BCUT2D eigenvalue weighted by molar-refractivity contribution is 5.70. The van der Waals surface area contributed by atoms with Crippen LogP contribution in [0, 0.1) is 6.92 Å². The van der Waals surface area contributed by atoms with Crippen LogP contribution < -0.4 is 15.8 Å². The second-order valence-electron chi connectivity index (χ2n) is 2.62. The standard InChI is InChI=1S/C8H12N4O2/c1-6-4-10-5-12-7(6)14-8(13)11-3-2-9/h4-5H,2-3,9H2,1H3,(H,11,13). The molecule has 1 rings (SSSR count). The van der Waals surface area contributed by atoms with E-state index >= 15 is 0 Å². The molecule has 3 N–H and O–H groups in total. The predicted molar refractivity (Wildman–Crippen MR) is 49.9 cm³/mol. The van der Waals surface area contributed by atoms with Crippen LogP contribution in [0.3, 0.4) is 0 Å². The number of carbonyl (C=O) groups excluding carboxylic acids is 1. The molecule has 0 aliphatic carbocycles. The van der Waals surface area contributed by atoms with E-state index in [4.69, 9.17) is 10.5 Å². The van der Waals surface area contributed by atoms with Gasteiger partial charge in [-0.15, -0.1) is 0 Å². The second kappa shape index (κ2) is 5.13. The lowest BCUT2D eigenvalue weighted by Gasteiger charge is -2.05. The maximum absolute atomic E-state index is 11.1. The number of aryl methyl sites for hydroxylation is 1. The maximum Gasteiger partial charge on any atom is 0.413 e. The van der Waals surface area contributed by atoms with Crippen molar-refractivity contribution < 1.29 is 9.53 Å². The summed E-state index contributed by atoms with van der Waals surface area (Å²) >= 11 is 0. The largest absolute Gasteiger partial charge is 0.413 e. The molecule has 1 amide bonds. The summed E-state index contributed by atoms with van der Waals surface area (Å²) in [4.78, 5) is 18.6. The fourth-order valence-corrected chi connectivity index (χ4v) is 0.793. The number of nitrogens with two attached hydrogens (primary N) is 1. The molecule has 0 fully saturated rings. The van der Waals surface area contributed by atoms with E-state index in [1.54, 1.807) is 13.1 Å². The molecule has 0 aliphatic rings. The van der Waals surface area contributed by atoms with Crippen LogP contribution in [0.4, 0.5) is 4.79 Å². The number of aromatic nitrogens is 2. The van der Waals surface area contributed by atoms with Gasteiger partial charge < -0.3 is 15.8 Å². The van der Waals surface area contributed by atoms with Crippen LogP contribution in [0.25, 0.3) is 0 Å². The Bertz CT molecular complexity index is 316. The molecule has 0 radical (unpaired) electrons. The van der Waals surface area contributed by atoms with Gasteiger partial charge >= 0.3 is 6.09 Å². The maximum atomic E-state index is 11.1. The van der Waals surface area contributed by atoms with E-state index in [1.165, 1.54) is 6.33 Å². The number of nitrogens with one attached hydrogen (secondary N) is 1. The van der Waals surface area contributed by atoms with E-state index in [1.807, 2.05) is 0 Å². The van der Waals surface area contributed by atoms with E-state index in [-0.39, 0.29) is 5.88 Å². The van der Waals surface area contributed by atoms with Crippen LogP contribution in [0.15, 0.2) is 12.5 Å². The molecule has 0 unspecified atom stereocenters. The van der Waals surface area contributed by atoms with E-state index < -0.39 is 6.09 Å². The summed E-state index contributed by atoms with van der Waals surface area (Å²) in [6.45, 7) is 2.51. The lowest BCUT2D eigenvalue weighted by atomic mass is 10.4. The van der Waals surface area contributed by atoms with Crippen molar-refractivity contribution in [3.8, 4) is 5.88 Å². The first-order chi connectivity index (χ1) is 6.74. The zero-order chi connectivity index (χ0) is 10.4. The third-order valence-electron chi connectivity index (χ3n) is 1.45. The molecular formula is C8H12N4O2. The summed E-state index contributed by atoms with van der Waals surface area (Å²) in [5.41, 5.74) is 5.91. The van der Waals surface area contributed by atoms with Crippen molar-refractivity contribution in [2.75, 3.05) is 13.1 Å². The lowest BCUT2D eigenvalue weighted by Crippen LogP contribution is -2.31. The quantitative estimate of drug-likeness (QED) is 0.700. The number of hydrogen-bond acceptors (Lipinski definition) is 5. The highest BCUT2D eigenvalue weighted by Crippen LogP contribution is 2.10. The Morgan fingerprint density at radius 1 is 1.71 bits per heavy atom. The molecule has 1 aromatic heterocycles. The van der Waals surface area contributed by atoms with Crippen molar-refractivity contribution in [1.29, 1.82) is 0 Å². The molecule has 0 bridgehead atoms. The van der Waals surface area contributed by atoms with Crippen LogP contribution in [-0.2, 0) is 0 Å². The summed E-state index contributed by atoms with van der Waals surface area (Å²) in [5, 5.41) is 2.46. The van der Waals surface area contributed by atoms with Crippen molar-refractivity contribution in [3.63, 3.8) is 0 Å². The number of amides is 1. The third kappa shape index (κ3) is 2.98. The Morgan fingerprint density at radius 3 is 3.14 bits per heavy atom. The minimum absolute atomic E-state index is 0.259. The summed E-state index contributed by atoms with van der Waals surface area (Å²) in [6, 6.07) is 0. The minimum atomic E-state index is -0.558. The second-order valence-corrected chi connectivity index (χ2v) is 2.62. The van der Waals surface area contributed by atoms with Crippen LogP contribution in [-0.4, -0.2) is 29.2 Å². The van der Waals surface area contributed by atoms with Crippen LogP contribution in [0.2, 0.25) is 0 Å². The molecular weight excluding hydrogens is 184 g/mol. The first-order valence-corrected chi connectivity index (χ1v) is 4.16. The molecule has 6 heteroatoms. The summed E-state index contributed by atoms with van der Waals surface area (Å²) in [7, 11) is 0. The number of carbonyl (C=O) groups is 1. The average molecular weight is 196 g/mol. The summed E-state index contributed by atoms with van der Waals surface area (Å²) in [5.74, 6) is 0.259. The van der Waals surface area contributed by atoms with Crippen LogP contribution >= 0.6 is 0 Å². The lowest BCUT2D eigenvalue weighted by molar-refractivity contribution is 0.198. The number of ether oxygens (including phenoxy) is 1. The topological polar surface area (TPSA) is 90.1 Å². The van der Waals surface area contributed by atoms with E-state index in [0.29, 0.717) is 18.7 Å². The first-order valence-electron chi connectivity index (χ1n) is 4.16. The Labute approximate surface area is 81.5 Å². The highest BCUT2D eigenvalue weighted by Gasteiger charge is 2.06. The van der Waals surface area contributed by atoms with Crippen molar-refractivity contribution in [1.82, 2.24) is 15.3 Å².